The summed E-state index contributed by atoms with van der Waals surface area (Å²) in [5, 5.41) is 3.29. The van der Waals surface area contributed by atoms with Crippen LogP contribution in [0.2, 0.25) is 5.02 Å². The summed E-state index contributed by atoms with van der Waals surface area (Å²) >= 11 is 6.11. The highest BCUT2D eigenvalue weighted by molar-refractivity contribution is 6.32. The predicted octanol–water partition coefficient (Wildman–Crippen LogP) is 3.86. The summed E-state index contributed by atoms with van der Waals surface area (Å²) in [6, 6.07) is 5.35. The Balaban J connectivity index is 1.72. The minimum absolute atomic E-state index is 0.00356. The van der Waals surface area contributed by atoms with Gasteiger partial charge in [0.15, 0.2) is 0 Å². The van der Waals surface area contributed by atoms with Gasteiger partial charge in [0, 0.05) is 18.3 Å². The van der Waals surface area contributed by atoms with Crippen LogP contribution in [0.3, 0.4) is 0 Å². The molecule has 0 aromatic heterocycles. The molecule has 2 fully saturated rings. The standard InChI is InChI=1S/C19H25ClN2O3/c1-3-14-6-4-5-11-22(14)18(24)19(9-10-19)17(23)21-13-7-8-16(25-2)15(20)12-13/h7-8,12,14H,3-6,9-11H2,1-2H3,(H,21,23). The first-order valence-corrected chi connectivity index (χ1v) is 9.35. The van der Waals surface area contributed by atoms with Crippen molar-refractivity contribution in [2.75, 3.05) is 19.0 Å². The minimum Gasteiger partial charge on any atom is -0.495 e. The largest absolute Gasteiger partial charge is 0.495 e. The molecule has 1 aromatic rings. The minimum atomic E-state index is -0.892. The third-order valence-corrected chi connectivity index (χ3v) is 5.66. The van der Waals surface area contributed by atoms with Crippen molar-refractivity contribution in [1.29, 1.82) is 0 Å². The topological polar surface area (TPSA) is 58.6 Å². The van der Waals surface area contributed by atoms with Crippen molar-refractivity contribution in [3.8, 4) is 5.75 Å². The molecule has 1 heterocycles. The summed E-state index contributed by atoms with van der Waals surface area (Å²) in [6.45, 7) is 2.87. The lowest BCUT2D eigenvalue weighted by Gasteiger charge is -2.37. The molecule has 0 spiro atoms. The molecule has 1 saturated carbocycles. The van der Waals surface area contributed by atoms with Gasteiger partial charge in [0.05, 0.1) is 12.1 Å². The van der Waals surface area contributed by atoms with Crippen LogP contribution in [0.5, 0.6) is 5.75 Å². The first-order chi connectivity index (χ1) is 12.0. The number of hydrogen-bond acceptors (Lipinski definition) is 3. The number of likely N-dealkylation sites (tertiary alicyclic amines) is 1. The van der Waals surface area contributed by atoms with Crippen LogP contribution in [0.4, 0.5) is 5.69 Å². The van der Waals surface area contributed by atoms with E-state index in [0.717, 1.165) is 32.2 Å². The second-order valence-electron chi connectivity index (χ2n) is 6.94. The smallest absolute Gasteiger partial charge is 0.240 e. The summed E-state index contributed by atoms with van der Waals surface area (Å²) in [7, 11) is 1.54. The molecule has 1 N–H and O–H groups in total. The van der Waals surface area contributed by atoms with Crippen LogP contribution >= 0.6 is 11.6 Å². The maximum atomic E-state index is 13.1. The Morgan fingerprint density at radius 1 is 1.36 bits per heavy atom. The Bertz CT molecular complexity index is 673. The van der Waals surface area contributed by atoms with Crippen LogP contribution in [0, 0.1) is 5.41 Å². The fourth-order valence-electron chi connectivity index (χ4n) is 3.63. The Morgan fingerprint density at radius 3 is 2.72 bits per heavy atom. The van der Waals surface area contributed by atoms with Crippen LogP contribution in [-0.4, -0.2) is 36.4 Å². The number of methoxy groups -OCH3 is 1. The third-order valence-electron chi connectivity index (χ3n) is 5.36. The zero-order valence-corrected chi connectivity index (χ0v) is 15.6. The predicted molar refractivity (Wildman–Crippen MR) is 97.9 cm³/mol. The number of ether oxygens (including phenoxy) is 1. The number of nitrogens with one attached hydrogen (secondary N) is 1. The highest BCUT2D eigenvalue weighted by Gasteiger charge is 2.58. The lowest BCUT2D eigenvalue weighted by molar-refractivity contribution is -0.145. The molecule has 1 saturated heterocycles. The molecule has 136 valence electrons. The van der Waals surface area contributed by atoms with Gasteiger partial charge >= 0.3 is 0 Å². The average Bonchev–Trinajstić information content (AvgIpc) is 3.43. The maximum absolute atomic E-state index is 13.1. The first-order valence-electron chi connectivity index (χ1n) is 8.98. The van der Waals surface area contributed by atoms with Crippen LogP contribution in [0.1, 0.15) is 45.4 Å². The summed E-state index contributed by atoms with van der Waals surface area (Å²) in [5.74, 6) is 0.325. The molecule has 0 bridgehead atoms. The normalized spacial score (nSPS) is 21.6. The maximum Gasteiger partial charge on any atom is 0.240 e. The molecule has 1 atom stereocenters. The van der Waals surface area contributed by atoms with Crippen LogP contribution < -0.4 is 10.1 Å². The number of piperidine rings is 1. The number of benzene rings is 1. The molecule has 3 rings (SSSR count). The Labute approximate surface area is 153 Å². The van der Waals surface area contributed by atoms with E-state index in [2.05, 4.69) is 12.2 Å². The number of nitrogens with zero attached hydrogens (tertiary/aromatic N) is 1. The van der Waals surface area contributed by atoms with E-state index in [4.69, 9.17) is 16.3 Å². The van der Waals surface area contributed by atoms with Gasteiger partial charge in [-0.25, -0.2) is 0 Å². The molecular formula is C19H25ClN2O3. The second-order valence-corrected chi connectivity index (χ2v) is 7.35. The van der Waals surface area contributed by atoms with Crippen molar-refractivity contribution in [3.63, 3.8) is 0 Å². The second kappa shape index (κ2) is 7.24. The highest BCUT2D eigenvalue weighted by atomic mass is 35.5. The molecule has 1 aromatic carbocycles. The number of rotatable bonds is 5. The molecule has 1 aliphatic heterocycles. The first kappa shape index (κ1) is 18.1. The van der Waals surface area contributed by atoms with E-state index in [9.17, 15) is 9.59 Å². The van der Waals surface area contributed by atoms with Gasteiger partial charge in [0.1, 0.15) is 11.2 Å². The fraction of sp³-hybridized carbons (Fsp3) is 0.579. The molecule has 2 aliphatic rings. The van der Waals surface area contributed by atoms with E-state index in [-0.39, 0.29) is 17.9 Å². The molecule has 1 aliphatic carbocycles. The lowest BCUT2D eigenvalue weighted by atomic mass is 9.95. The molecular weight excluding hydrogens is 340 g/mol. The van der Waals surface area contributed by atoms with Crippen molar-refractivity contribution in [3.05, 3.63) is 23.2 Å². The summed E-state index contributed by atoms with van der Waals surface area (Å²) in [5.41, 5.74) is -0.308. The highest BCUT2D eigenvalue weighted by Crippen LogP contribution is 2.49. The van der Waals surface area contributed by atoms with E-state index in [1.165, 1.54) is 0 Å². The number of halogens is 1. The number of carbonyl (C=O) groups excluding carboxylic acids is 2. The quantitative estimate of drug-likeness (QED) is 0.807. The average molecular weight is 365 g/mol. The molecule has 1 unspecified atom stereocenters. The van der Waals surface area contributed by atoms with Gasteiger partial charge in [-0.15, -0.1) is 0 Å². The number of amides is 2. The van der Waals surface area contributed by atoms with Crippen molar-refractivity contribution in [1.82, 2.24) is 4.90 Å². The van der Waals surface area contributed by atoms with Crippen molar-refractivity contribution >= 4 is 29.1 Å². The third kappa shape index (κ3) is 3.47. The molecule has 5 nitrogen and oxygen atoms in total. The number of anilines is 1. The van der Waals surface area contributed by atoms with Gasteiger partial charge in [-0.1, -0.05) is 18.5 Å². The van der Waals surface area contributed by atoms with Crippen LogP contribution in [0.25, 0.3) is 0 Å². The van der Waals surface area contributed by atoms with E-state index in [0.29, 0.717) is 29.3 Å². The van der Waals surface area contributed by atoms with Gasteiger partial charge in [-0.3, -0.25) is 9.59 Å². The Hall–Kier alpha value is -1.75. The van der Waals surface area contributed by atoms with Crippen molar-refractivity contribution in [2.24, 2.45) is 5.41 Å². The van der Waals surface area contributed by atoms with Crippen molar-refractivity contribution in [2.45, 2.75) is 51.5 Å². The molecule has 0 radical (unpaired) electrons. The Kier molecular flexibility index (Phi) is 5.23. The van der Waals surface area contributed by atoms with E-state index in [1.54, 1.807) is 25.3 Å². The molecule has 2 amide bonds. The van der Waals surface area contributed by atoms with Crippen molar-refractivity contribution < 1.29 is 14.3 Å². The summed E-state index contributed by atoms with van der Waals surface area (Å²) in [4.78, 5) is 27.8. The van der Waals surface area contributed by atoms with Gasteiger partial charge in [0.25, 0.3) is 0 Å². The van der Waals surface area contributed by atoms with E-state index >= 15 is 0 Å². The van der Waals surface area contributed by atoms with Crippen LogP contribution in [0.15, 0.2) is 18.2 Å². The number of carbonyl (C=O) groups is 2. The lowest BCUT2D eigenvalue weighted by Crippen LogP contribution is -2.49. The van der Waals surface area contributed by atoms with Gasteiger partial charge in [-0.05, 0) is 56.7 Å². The van der Waals surface area contributed by atoms with Gasteiger partial charge in [0.2, 0.25) is 11.8 Å². The van der Waals surface area contributed by atoms with Gasteiger partial charge < -0.3 is 15.0 Å². The SMILES string of the molecule is CCC1CCCCN1C(=O)C1(C(=O)Nc2ccc(OC)c(Cl)c2)CC1. The van der Waals surface area contributed by atoms with Crippen LogP contribution in [-0.2, 0) is 9.59 Å². The summed E-state index contributed by atoms with van der Waals surface area (Å²) < 4.78 is 5.12. The van der Waals surface area contributed by atoms with Gasteiger partial charge in [-0.2, -0.15) is 0 Å². The fourth-order valence-corrected chi connectivity index (χ4v) is 3.88. The Morgan fingerprint density at radius 2 is 2.12 bits per heavy atom. The zero-order valence-electron chi connectivity index (χ0n) is 14.8. The van der Waals surface area contributed by atoms with E-state index < -0.39 is 5.41 Å². The summed E-state index contributed by atoms with van der Waals surface area (Å²) in [6.07, 6.45) is 5.40. The molecule has 25 heavy (non-hydrogen) atoms. The number of hydrogen-bond donors (Lipinski definition) is 1. The van der Waals surface area contributed by atoms with E-state index in [1.807, 2.05) is 4.90 Å². The molecule has 6 heteroatoms. The zero-order chi connectivity index (χ0) is 18.0. The monoisotopic (exact) mass is 364 g/mol.